The second-order valence-electron chi connectivity index (χ2n) is 3.98. The van der Waals surface area contributed by atoms with Gasteiger partial charge < -0.3 is 9.84 Å². The predicted octanol–water partition coefficient (Wildman–Crippen LogP) is 3.99. The summed E-state index contributed by atoms with van der Waals surface area (Å²) in [6.07, 6.45) is -4.36. The third-order valence-corrected chi connectivity index (χ3v) is 2.48. The third kappa shape index (κ3) is 3.64. The maximum Gasteiger partial charge on any atom is 0.416 e. The Morgan fingerprint density at radius 2 is 1.74 bits per heavy atom. The fourth-order valence-electron chi connectivity index (χ4n) is 1.58. The van der Waals surface area contributed by atoms with Crippen LogP contribution in [0.15, 0.2) is 48.5 Å². The highest BCUT2D eigenvalue weighted by Gasteiger charge is 2.30. The number of alkyl halides is 3. The molecule has 1 N–H and O–H groups in total. The summed E-state index contributed by atoms with van der Waals surface area (Å²) in [6.45, 7) is 0.00731. The van der Waals surface area contributed by atoms with Crippen LogP contribution in [0.1, 0.15) is 11.1 Å². The first-order valence-corrected chi connectivity index (χ1v) is 5.53. The Morgan fingerprint density at radius 1 is 1.00 bits per heavy atom. The van der Waals surface area contributed by atoms with Gasteiger partial charge in [-0.05, 0) is 29.8 Å². The first-order valence-electron chi connectivity index (χ1n) is 5.53. The van der Waals surface area contributed by atoms with Crippen LogP contribution in [-0.2, 0) is 12.8 Å². The van der Waals surface area contributed by atoms with E-state index in [0.29, 0.717) is 11.3 Å². The van der Waals surface area contributed by atoms with Gasteiger partial charge in [-0.3, -0.25) is 0 Å². The fourth-order valence-corrected chi connectivity index (χ4v) is 1.58. The van der Waals surface area contributed by atoms with E-state index in [1.807, 2.05) is 0 Å². The summed E-state index contributed by atoms with van der Waals surface area (Å²) in [5, 5.41) is 9.23. The SMILES string of the molecule is Oc1cccc(OCc2cccc(C(F)(F)F)c2)c1. The maximum atomic E-state index is 12.5. The number of benzene rings is 2. The summed E-state index contributed by atoms with van der Waals surface area (Å²) in [5.41, 5.74) is -0.289. The Morgan fingerprint density at radius 3 is 2.42 bits per heavy atom. The molecule has 0 amide bonds. The van der Waals surface area contributed by atoms with E-state index in [0.717, 1.165) is 12.1 Å². The molecule has 0 saturated heterocycles. The third-order valence-electron chi connectivity index (χ3n) is 2.48. The summed E-state index contributed by atoms with van der Waals surface area (Å²) in [5.74, 6) is 0.443. The zero-order chi connectivity index (χ0) is 13.9. The van der Waals surface area contributed by atoms with Crippen molar-refractivity contribution in [3.63, 3.8) is 0 Å². The highest BCUT2D eigenvalue weighted by molar-refractivity contribution is 5.32. The second-order valence-corrected chi connectivity index (χ2v) is 3.98. The summed E-state index contributed by atoms with van der Waals surface area (Å²) >= 11 is 0. The van der Waals surface area contributed by atoms with Crippen molar-refractivity contribution in [2.45, 2.75) is 12.8 Å². The van der Waals surface area contributed by atoms with Gasteiger partial charge >= 0.3 is 6.18 Å². The molecule has 0 aliphatic rings. The number of aromatic hydroxyl groups is 1. The van der Waals surface area contributed by atoms with E-state index in [1.54, 1.807) is 18.2 Å². The van der Waals surface area contributed by atoms with Crippen LogP contribution in [0, 0.1) is 0 Å². The Balaban J connectivity index is 2.08. The number of hydrogen-bond donors (Lipinski definition) is 1. The van der Waals surface area contributed by atoms with E-state index in [-0.39, 0.29) is 12.4 Å². The Hall–Kier alpha value is -2.17. The van der Waals surface area contributed by atoms with E-state index < -0.39 is 11.7 Å². The van der Waals surface area contributed by atoms with Gasteiger partial charge in [0, 0.05) is 6.07 Å². The van der Waals surface area contributed by atoms with Crippen molar-refractivity contribution >= 4 is 0 Å². The van der Waals surface area contributed by atoms with Crippen molar-refractivity contribution in [1.29, 1.82) is 0 Å². The maximum absolute atomic E-state index is 12.5. The number of phenols is 1. The number of phenolic OH excluding ortho intramolecular Hbond substituents is 1. The first kappa shape index (κ1) is 13.3. The van der Waals surface area contributed by atoms with E-state index in [9.17, 15) is 18.3 Å². The van der Waals surface area contributed by atoms with Crippen molar-refractivity contribution in [3.05, 3.63) is 59.7 Å². The van der Waals surface area contributed by atoms with Gasteiger partial charge in [0.05, 0.1) is 5.56 Å². The molecule has 2 aromatic carbocycles. The van der Waals surface area contributed by atoms with Crippen LogP contribution < -0.4 is 4.74 Å². The van der Waals surface area contributed by atoms with Crippen molar-refractivity contribution in [2.24, 2.45) is 0 Å². The molecule has 0 fully saturated rings. The van der Waals surface area contributed by atoms with E-state index in [1.165, 1.54) is 18.2 Å². The molecule has 0 atom stereocenters. The van der Waals surface area contributed by atoms with Gasteiger partial charge in [0.25, 0.3) is 0 Å². The van der Waals surface area contributed by atoms with Crippen molar-refractivity contribution in [1.82, 2.24) is 0 Å². The van der Waals surface area contributed by atoms with E-state index in [2.05, 4.69) is 0 Å². The van der Waals surface area contributed by atoms with Crippen molar-refractivity contribution in [3.8, 4) is 11.5 Å². The van der Waals surface area contributed by atoms with Gasteiger partial charge in [-0.2, -0.15) is 13.2 Å². The topological polar surface area (TPSA) is 29.5 Å². The van der Waals surface area contributed by atoms with Crippen LogP contribution in [-0.4, -0.2) is 5.11 Å². The second kappa shape index (κ2) is 5.22. The van der Waals surface area contributed by atoms with Crippen molar-refractivity contribution < 1.29 is 23.0 Å². The largest absolute Gasteiger partial charge is 0.508 e. The fraction of sp³-hybridized carbons (Fsp3) is 0.143. The average molecular weight is 268 g/mol. The normalized spacial score (nSPS) is 11.3. The predicted molar refractivity (Wildman–Crippen MR) is 63.9 cm³/mol. The summed E-state index contributed by atoms with van der Waals surface area (Å²) in [4.78, 5) is 0. The summed E-state index contributed by atoms with van der Waals surface area (Å²) < 4.78 is 42.8. The lowest BCUT2D eigenvalue weighted by Gasteiger charge is -2.10. The molecule has 2 aromatic rings. The molecule has 0 heterocycles. The smallest absolute Gasteiger partial charge is 0.416 e. The van der Waals surface area contributed by atoms with Crippen LogP contribution in [0.2, 0.25) is 0 Å². The van der Waals surface area contributed by atoms with Crippen LogP contribution in [0.25, 0.3) is 0 Å². The minimum atomic E-state index is -4.36. The zero-order valence-electron chi connectivity index (χ0n) is 9.82. The number of ether oxygens (including phenoxy) is 1. The molecule has 2 rings (SSSR count). The zero-order valence-corrected chi connectivity index (χ0v) is 9.82. The molecule has 0 aliphatic carbocycles. The highest BCUT2D eigenvalue weighted by Crippen LogP contribution is 2.29. The molecule has 0 saturated carbocycles. The molecule has 0 bridgehead atoms. The van der Waals surface area contributed by atoms with Gasteiger partial charge in [0.15, 0.2) is 0 Å². The molecule has 0 unspecified atom stereocenters. The van der Waals surface area contributed by atoms with Gasteiger partial charge in [-0.1, -0.05) is 18.2 Å². The number of hydrogen-bond acceptors (Lipinski definition) is 2. The van der Waals surface area contributed by atoms with E-state index >= 15 is 0 Å². The molecule has 2 nitrogen and oxygen atoms in total. The molecule has 100 valence electrons. The monoisotopic (exact) mass is 268 g/mol. The lowest BCUT2D eigenvalue weighted by atomic mass is 10.1. The Labute approximate surface area is 108 Å². The molecule has 0 radical (unpaired) electrons. The number of rotatable bonds is 3. The molecule has 0 aromatic heterocycles. The quantitative estimate of drug-likeness (QED) is 0.912. The molecule has 5 heteroatoms. The Kier molecular flexibility index (Phi) is 3.64. The standard InChI is InChI=1S/C14H11F3O2/c15-14(16,17)11-4-1-3-10(7-11)9-19-13-6-2-5-12(18)8-13/h1-8,18H,9H2. The Bertz CT molecular complexity index is 565. The van der Waals surface area contributed by atoms with Crippen LogP contribution in [0.4, 0.5) is 13.2 Å². The van der Waals surface area contributed by atoms with E-state index in [4.69, 9.17) is 4.74 Å². The summed E-state index contributed by atoms with van der Waals surface area (Å²) in [6, 6.07) is 11.0. The average Bonchev–Trinajstić information content (AvgIpc) is 2.36. The minimum Gasteiger partial charge on any atom is -0.508 e. The molecule has 0 aliphatic heterocycles. The lowest BCUT2D eigenvalue weighted by Crippen LogP contribution is -2.06. The van der Waals surface area contributed by atoms with Gasteiger partial charge in [0.2, 0.25) is 0 Å². The summed E-state index contributed by atoms with van der Waals surface area (Å²) in [7, 11) is 0. The minimum absolute atomic E-state index is 0.00731. The van der Waals surface area contributed by atoms with Crippen LogP contribution >= 0.6 is 0 Å². The molecular formula is C14H11F3O2. The van der Waals surface area contributed by atoms with Gasteiger partial charge in [-0.15, -0.1) is 0 Å². The van der Waals surface area contributed by atoms with Gasteiger partial charge in [-0.25, -0.2) is 0 Å². The van der Waals surface area contributed by atoms with Crippen molar-refractivity contribution in [2.75, 3.05) is 0 Å². The van der Waals surface area contributed by atoms with Gasteiger partial charge in [0.1, 0.15) is 18.1 Å². The first-order chi connectivity index (χ1) is 8.95. The van der Waals surface area contributed by atoms with Crippen LogP contribution in [0.5, 0.6) is 11.5 Å². The number of halogens is 3. The molecular weight excluding hydrogens is 257 g/mol. The molecule has 19 heavy (non-hydrogen) atoms. The van der Waals surface area contributed by atoms with Crippen LogP contribution in [0.3, 0.4) is 0 Å². The molecule has 0 spiro atoms. The lowest BCUT2D eigenvalue weighted by molar-refractivity contribution is -0.137. The highest BCUT2D eigenvalue weighted by atomic mass is 19.4.